The van der Waals surface area contributed by atoms with Gasteiger partial charge < -0.3 is 4.74 Å². The highest BCUT2D eigenvalue weighted by molar-refractivity contribution is 9.10. The van der Waals surface area contributed by atoms with Crippen LogP contribution in [0, 0.1) is 18.3 Å². The van der Waals surface area contributed by atoms with Crippen LogP contribution in [0.1, 0.15) is 27.4 Å². The summed E-state index contributed by atoms with van der Waals surface area (Å²) in [5, 5.41) is 9.44. The molecule has 0 aromatic heterocycles. The minimum atomic E-state index is -0.824. The molecule has 3 nitrogen and oxygen atoms in total. The van der Waals surface area contributed by atoms with Gasteiger partial charge in [0, 0.05) is 10.0 Å². The largest absolute Gasteiger partial charge is 0.497 e. The number of Topliss-reactive ketones (excluding diaryl/α,β-unsaturated/α-hetero) is 1. The summed E-state index contributed by atoms with van der Waals surface area (Å²) in [6.07, 6.45) is 0. The summed E-state index contributed by atoms with van der Waals surface area (Å²) in [6.45, 7) is 1.90. The van der Waals surface area contributed by atoms with Crippen LogP contribution in [0.5, 0.6) is 5.75 Å². The third kappa shape index (κ3) is 3.14. The van der Waals surface area contributed by atoms with Crippen molar-refractivity contribution < 1.29 is 9.53 Å². The van der Waals surface area contributed by atoms with E-state index in [0.29, 0.717) is 15.8 Å². The van der Waals surface area contributed by atoms with Crippen molar-refractivity contribution >= 4 is 21.7 Å². The first kappa shape index (κ1) is 15.3. The van der Waals surface area contributed by atoms with Crippen LogP contribution >= 0.6 is 15.9 Å². The highest BCUT2D eigenvalue weighted by Gasteiger charge is 2.25. The normalized spacial score (nSPS) is 11.5. The SMILES string of the molecule is COc1ccc(Br)c(C(=O)C(C#N)c2ccccc2C)c1. The predicted molar refractivity (Wildman–Crippen MR) is 84.6 cm³/mol. The topological polar surface area (TPSA) is 50.1 Å². The molecule has 0 radical (unpaired) electrons. The van der Waals surface area contributed by atoms with E-state index in [2.05, 4.69) is 22.0 Å². The van der Waals surface area contributed by atoms with Gasteiger partial charge >= 0.3 is 0 Å². The fourth-order valence-electron chi connectivity index (χ4n) is 2.16. The molecule has 0 bridgehead atoms. The zero-order chi connectivity index (χ0) is 15.4. The van der Waals surface area contributed by atoms with E-state index < -0.39 is 5.92 Å². The second kappa shape index (κ2) is 6.55. The Morgan fingerprint density at radius 2 is 2.00 bits per heavy atom. The summed E-state index contributed by atoms with van der Waals surface area (Å²) >= 11 is 3.36. The van der Waals surface area contributed by atoms with Gasteiger partial charge in [0.25, 0.3) is 0 Å². The number of ether oxygens (including phenoxy) is 1. The molecule has 0 aliphatic heterocycles. The van der Waals surface area contributed by atoms with Crippen LogP contribution < -0.4 is 4.74 Å². The number of carbonyl (C=O) groups is 1. The lowest BCUT2D eigenvalue weighted by Crippen LogP contribution is -2.13. The van der Waals surface area contributed by atoms with E-state index in [9.17, 15) is 10.1 Å². The number of halogens is 1. The van der Waals surface area contributed by atoms with Gasteiger partial charge in [0.15, 0.2) is 5.78 Å². The molecule has 0 aliphatic carbocycles. The molecule has 0 N–H and O–H groups in total. The van der Waals surface area contributed by atoms with Gasteiger partial charge in [0.2, 0.25) is 0 Å². The van der Waals surface area contributed by atoms with Gasteiger partial charge in [-0.1, -0.05) is 40.2 Å². The second-order valence-electron chi connectivity index (χ2n) is 4.63. The molecule has 2 aromatic rings. The Bertz CT molecular complexity index is 719. The van der Waals surface area contributed by atoms with Crippen LogP contribution in [-0.4, -0.2) is 12.9 Å². The van der Waals surface area contributed by atoms with Crippen LogP contribution in [-0.2, 0) is 0 Å². The first-order valence-electron chi connectivity index (χ1n) is 6.41. The molecule has 0 heterocycles. The maximum absolute atomic E-state index is 12.7. The molecule has 0 aliphatic rings. The lowest BCUT2D eigenvalue weighted by Gasteiger charge is -2.13. The van der Waals surface area contributed by atoms with E-state index in [-0.39, 0.29) is 5.78 Å². The smallest absolute Gasteiger partial charge is 0.185 e. The number of carbonyl (C=O) groups excluding carboxylic acids is 1. The van der Waals surface area contributed by atoms with Crippen LogP contribution in [0.3, 0.4) is 0 Å². The van der Waals surface area contributed by atoms with E-state index in [1.54, 1.807) is 25.3 Å². The van der Waals surface area contributed by atoms with E-state index in [1.165, 1.54) is 0 Å². The molecule has 0 spiro atoms. The van der Waals surface area contributed by atoms with Crippen molar-refractivity contribution in [1.29, 1.82) is 5.26 Å². The third-order valence-corrected chi connectivity index (χ3v) is 4.02. The van der Waals surface area contributed by atoms with Gasteiger partial charge in [-0.3, -0.25) is 4.79 Å². The van der Waals surface area contributed by atoms with Crippen molar-refractivity contribution in [3.63, 3.8) is 0 Å². The van der Waals surface area contributed by atoms with Crippen LogP contribution in [0.4, 0.5) is 0 Å². The van der Waals surface area contributed by atoms with Crippen LogP contribution in [0.15, 0.2) is 46.9 Å². The Morgan fingerprint density at radius 1 is 1.29 bits per heavy atom. The molecule has 0 saturated heterocycles. The van der Waals surface area contributed by atoms with Crippen molar-refractivity contribution in [1.82, 2.24) is 0 Å². The maximum Gasteiger partial charge on any atom is 0.185 e. The molecule has 21 heavy (non-hydrogen) atoms. The number of nitriles is 1. The van der Waals surface area contributed by atoms with Gasteiger partial charge in [0.05, 0.1) is 13.2 Å². The molecule has 1 unspecified atom stereocenters. The summed E-state index contributed by atoms with van der Waals surface area (Å²) in [4.78, 5) is 12.7. The van der Waals surface area contributed by atoms with Gasteiger partial charge in [-0.25, -0.2) is 0 Å². The number of rotatable bonds is 4. The minimum absolute atomic E-state index is 0.238. The molecule has 0 fully saturated rings. The minimum Gasteiger partial charge on any atom is -0.497 e. The lowest BCUT2D eigenvalue weighted by atomic mass is 9.89. The average molecular weight is 344 g/mol. The van der Waals surface area contributed by atoms with Crippen molar-refractivity contribution in [2.45, 2.75) is 12.8 Å². The third-order valence-electron chi connectivity index (χ3n) is 3.33. The molecular formula is C17H14BrNO2. The van der Waals surface area contributed by atoms with Crippen LogP contribution in [0.2, 0.25) is 0 Å². The summed E-state index contributed by atoms with van der Waals surface area (Å²) in [5.41, 5.74) is 2.11. The fraction of sp³-hybridized carbons (Fsp3) is 0.176. The van der Waals surface area contributed by atoms with Crippen LogP contribution in [0.25, 0.3) is 0 Å². The zero-order valence-corrected chi connectivity index (χ0v) is 13.3. The summed E-state index contributed by atoms with van der Waals surface area (Å²) in [6, 6.07) is 14.7. The number of ketones is 1. The Morgan fingerprint density at radius 3 is 2.62 bits per heavy atom. The van der Waals surface area contributed by atoms with Gasteiger partial charge in [-0.2, -0.15) is 5.26 Å². The number of aryl methyl sites for hydroxylation is 1. The fourth-order valence-corrected chi connectivity index (χ4v) is 2.60. The number of hydrogen-bond donors (Lipinski definition) is 0. The van der Waals surface area contributed by atoms with E-state index in [0.717, 1.165) is 11.1 Å². The Kier molecular flexibility index (Phi) is 4.77. The molecule has 106 valence electrons. The number of benzene rings is 2. The molecule has 0 amide bonds. The standard InChI is InChI=1S/C17H14BrNO2/c1-11-5-3-4-6-13(11)15(10-19)17(20)14-9-12(21-2)7-8-16(14)18/h3-9,15H,1-2H3. The number of nitrogens with zero attached hydrogens (tertiary/aromatic N) is 1. The first-order valence-corrected chi connectivity index (χ1v) is 7.20. The van der Waals surface area contributed by atoms with Gasteiger partial charge in [-0.05, 0) is 36.2 Å². The highest BCUT2D eigenvalue weighted by atomic mass is 79.9. The highest BCUT2D eigenvalue weighted by Crippen LogP contribution is 2.29. The lowest BCUT2D eigenvalue weighted by molar-refractivity contribution is 0.0977. The van der Waals surface area contributed by atoms with E-state index in [1.807, 2.05) is 31.2 Å². The number of hydrogen-bond acceptors (Lipinski definition) is 3. The zero-order valence-electron chi connectivity index (χ0n) is 11.8. The van der Waals surface area contributed by atoms with Gasteiger partial charge in [0.1, 0.15) is 11.7 Å². The first-order chi connectivity index (χ1) is 10.1. The van der Waals surface area contributed by atoms with Crippen molar-refractivity contribution in [3.05, 3.63) is 63.6 Å². The van der Waals surface area contributed by atoms with E-state index >= 15 is 0 Å². The summed E-state index contributed by atoms with van der Waals surface area (Å²) < 4.78 is 5.80. The van der Waals surface area contributed by atoms with Gasteiger partial charge in [-0.15, -0.1) is 0 Å². The molecule has 4 heteroatoms. The molecule has 2 aromatic carbocycles. The Labute approximate surface area is 132 Å². The monoisotopic (exact) mass is 343 g/mol. The molecule has 2 rings (SSSR count). The molecule has 0 saturated carbocycles. The summed E-state index contributed by atoms with van der Waals surface area (Å²) in [7, 11) is 1.54. The Balaban J connectivity index is 2.47. The quantitative estimate of drug-likeness (QED) is 0.779. The molecular weight excluding hydrogens is 330 g/mol. The van der Waals surface area contributed by atoms with Crippen molar-refractivity contribution in [3.8, 4) is 11.8 Å². The summed E-state index contributed by atoms with van der Waals surface area (Å²) in [5.74, 6) is -0.477. The van der Waals surface area contributed by atoms with Crippen molar-refractivity contribution in [2.75, 3.05) is 7.11 Å². The van der Waals surface area contributed by atoms with Crippen molar-refractivity contribution in [2.24, 2.45) is 0 Å². The van der Waals surface area contributed by atoms with E-state index in [4.69, 9.17) is 4.74 Å². The number of methoxy groups -OCH3 is 1. The maximum atomic E-state index is 12.7. The Hall–Kier alpha value is -2.12. The average Bonchev–Trinajstić information content (AvgIpc) is 2.50. The predicted octanol–water partition coefficient (Wildman–Crippen LogP) is 4.26. The second-order valence-corrected chi connectivity index (χ2v) is 5.48. The molecule has 1 atom stereocenters.